The van der Waals surface area contributed by atoms with Gasteiger partial charge in [0.2, 0.25) is 5.88 Å². The maximum Gasteiger partial charge on any atom is 0.213 e. The van der Waals surface area contributed by atoms with Crippen molar-refractivity contribution in [3.63, 3.8) is 0 Å². The average molecular weight is 503 g/mol. The van der Waals surface area contributed by atoms with Crippen molar-refractivity contribution in [2.75, 3.05) is 52.5 Å². The summed E-state index contributed by atoms with van der Waals surface area (Å²) in [6.45, 7) is 12.3. The Morgan fingerprint density at radius 2 is 2.11 bits per heavy atom. The number of aromatic nitrogens is 1. The lowest BCUT2D eigenvalue weighted by atomic mass is 10.2. The molecule has 2 fully saturated rings. The van der Waals surface area contributed by atoms with E-state index in [1.165, 1.54) is 6.42 Å². The topological polar surface area (TPSA) is 62.2 Å². The molecule has 7 nitrogen and oxygen atoms in total. The Morgan fingerprint density at radius 1 is 1.29 bits per heavy atom. The fourth-order valence-electron chi connectivity index (χ4n) is 3.56. The molecule has 0 aliphatic carbocycles. The van der Waals surface area contributed by atoms with Gasteiger partial charge in [0.15, 0.2) is 5.96 Å². The van der Waals surface area contributed by atoms with Gasteiger partial charge in [0.1, 0.15) is 0 Å². The highest BCUT2D eigenvalue weighted by molar-refractivity contribution is 14.0. The van der Waals surface area contributed by atoms with Crippen LogP contribution < -0.4 is 10.1 Å². The van der Waals surface area contributed by atoms with Gasteiger partial charge in [-0.05, 0) is 25.3 Å². The number of nitrogens with zero attached hydrogens (tertiary/aromatic N) is 4. The van der Waals surface area contributed by atoms with Gasteiger partial charge in [0.25, 0.3) is 0 Å². The molecule has 0 saturated carbocycles. The van der Waals surface area contributed by atoms with Crippen molar-refractivity contribution in [1.82, 2.24) is 20.1 Å². The number of halogens is 1. The molecule has 0 aromatic carbocycles. The van der Waals surface area contributed by atoms with Crippen LogP contribution >= 0.6 is 24.0 Å². The Labute approximate surface area is 185 Å². The van der Waals surface area contributed by atoms with Crippen molar-refractivity contribution < 1.29 is 9.47 Å². The van der Waals surface area contributed by atoms with Crippen molar-refractivity contribution >= 4 is 29.9 Å². The Bertz CT molecular complexity index is 593. The number of hydrogen-bond acceptors (Lipinski definition) is 5. The maximum absolute atomic E-state index is 5.54. The summed E-state index contributed by atoms with van der Waals surface area (Å²) < 4.78 is 11.0. The number of ether oxygens (including phenoxy) is 2. The van der Waals surface area contributed by atoms with Crippen LogP contribution in [0.5, 0.6) is 5.88 Å². The van der Waals surface area contributed by atoms with Crippen molar-refractivity contribution in [3.05, 3.63) is 23.9 Å². The van der Waals surface area contributed by atoms with Crippen molar-refractivity contribution in [2.45, 2.75) is 39.3 Å². The molecule has 0 spiro atoms. The van der Waals surface area contributed by atoms with E-state index in [0.29, 0.717) is 25.1 Å². The quantitative estimate of drug-likeness (QED) is 0.350. The number of likely N-dealkylation sites (tertiary alicyclic amines) is 1. The number of rotatable bonds is 7. The molecule has 158 valence electrons. The second-order valence-corrected chi connectivity index (χ2v) is 7.06. The molecule has 1 aromatic rings. The van der Waals surface area contributed by atoms with Crippen LogP contribution in [0.4, 0.5) is 0 Å². The zero-order valence-electron chi connectivity index (χ0n) is 17.1. The summed E-state index contributed by atoms with van der Waals surface area (Å²) in [4.78, 5) is 14.2. The largest absolute Gasteiger partial charge is 0.478 e. The zero-order valence-corrected chi connectivity index (χ0v) is 19.4. The van der Waals surface area contributed by atoms with Gasteiger partial charge in [-0.2, -0.15) is 0 Å². The zero-order chi connectivity index (χ0) is 18.9. The number of guanidine groups is 1. The summed E-state index contributed by atoms with van der Waals surface area (Å²) in [6.07, 6.45) is 4.04. The van der Waals surface area contributed by atoms with Crippen LogP contribution in [0.2, 0.25) is 0 Å². The highest BCUT2D eigenvalue weighted by Crippen LogP contribution is 2.17. The molecule has 1 unspecified atom stereocenters. The molecule has 1 aromatic heterocycles. The lowest BCUT2D eigenvalue weighted by Crippen LogP contribution is -2.46. The lowest BCUT2D eigenvalue weighted by molar-refractivity contribution is 0.0195. The van der Waals surface area contributed by atoms with E-state index < -0.39 is 0 Å². The third-order valence-corrected chi connectivity index (χ3v) is 5.02. The summed E-state index contributed by atoms with van der Waals surface area (Å²) in [5.74, 6) is 1.68. The second-order valence-electron chi connectivity index (χ2n) is 7.06. The molecule has 1 N–H and O–H groups in total. The number of aliphatic imine (C=N–C) groups is 1. The molecule has 0 radical (unpaired) electrons. The van der Waals surface area contributed by atoms with E-state index in [9.17, 15) is 0 Å². The third-order valence-electron chi connectivity index (χ3n) is 5.02. The van der Waals surface area contributed by atoms with Gasteiger partial charge in [0.05, 0.1) is 26.4 Å². The van der Waals surface area contributed by atoms with Gasteiger partial charge in [-0.3, -0.25) is 4.90 Å². The Balaban J connectivity index is 0.00000280. The molecule has 0 amide bonds. The third kappa shape index (κ3) is 6.73. The molecule has 2 saturated heterocycles. The molecule has 2 aliphatic heterocycles. The fourth-order valence-corrected chi connectivity index (χ4v) is 3.56. The number of nitrogens with one attached hydrogen (secondary N) is 1. The summed E-state index contributed by atoms with van der Waals surface area (Å²) in [5.41, 5.74) is 1.10. The van der Waals surface area contributed by atoms with Crippen LogP contribution in [-0.2, 0) is 11.3 Å². The number of morpholine rings is 1. The Hall–Kier alpha value is -1.13. The lowest BCUT2D eigenvalue weighted by Gasteiger charge is -2.32. The van der Waals surface area contributed by atoms with E-state index in [1.54, 1.807) is 0 Å². The van der Waals surface area contributed by atoms with Crippen LogP contribution in [0.25, 0.3) is 0 Å². The smallest absolute Gasteiger partial charge is 0.213 e. The minimum atomic E-state index is 0. The normalized spacial score (nSPS) is 20.7. The first-order valence-corrected chi connectivity index (χ1v) is 10.2. The van der Waals surface area contributed by atoms with Gasteiger partial charge < -0.3 is 19.7 Å². The van der Waals surface area contributed by atoms with Crippen molar-refractivity contribution in [1.29, 1.82) is 0 Å². The van der Waals surface area contributed by atoms with Gasteiger partial charge >= 0.3 is 0 Å². The van der Waals surface area contributed by atoms with Gasteiger partial charge in [-0.1, -0.05) is 13.0 Å². The van der Waals surface area contributed by atoms with Crippen molar-refractivity contribution in [3.8, 4) is 5.88 Å². The van der Waals surface area contributed by atoms with Gasteiger partial charge in [-0.15, -0.1) is 24.0 Å². The van der Waals surface area contributed by atoms with Gasteiger partial charge in [-0.25, -0.2) is 9.98 Å². The first-order chi connectivity index (χ1) is 13.3. The Kier molecular flexibility index (Phi) is 10.3. The monoisotopic (exact) mass is 503 g/mol. The SMILES string of the molecule is CCCOc1ccc(CN=C(NCC)N2CCC(N3CCOCC3)C2)cn1.I. The number of pyridine rings is 1. The minimum Gasteiger partial charge on any atom is -0.478 e. The minimum absolute atomic E-state index is 0. The van der Waals surface area contributed by atoms with E-state index in [2.05, 4.69) is 33.9 Å². The molecule has 3 heterocycles. The molecule has 1 atom stereocenters. The maximum atomic E-state index is 5.54. The van der Waals surface area contributed by atoms with E-state index in [0.717, 1.165) is 63.9 Å². The van der Waals surface area contributed by atoms with E-state index in [-0.39, 0.29) is 24.0 Å². The predicted molar refractivity (Wildman–Crippen MR) is 123 cm³/mol. The Morgan fingerprint density at radius 3 is 2.79 bits per heavy atom. The molecular formula is C20H34IN5O2. The van der Waals surface area contributed by atoms with Crippen LogP contribution in [0.1, 0.15) is 32.3 Å². The standard InChI is InChI=1S/C20H33N5O2.HI/c1-3-11-27-19-6-5-17(14-22-19)15-23-20(21-4-2)25-8-7-18(16-25)24-9-12-26-13-10-24;/h5-6,14,18H,3-4,7-13,15-16H2,1-2H3,(H,21,23);1H. The summed E-state index contributed by atoms with van der Waals surface area (Å²) in [5, 5.41) is 3.45. The van der Waals surface area contributed by atoms with Gasteiger partial charge in [0, 0.05) is 51.0 Å². The van der Waals surface area contributed by atoms with E-state index in [1.807, 2.05) is 18.3 Å². The summed E-state index contributed by atoms with van der Waals surface area (Å²) in [7, 11) is 0. The first-order valence-electron chi connectivity index (χ1n) is 10.2. The molecule has 28 heavy (non-hydrogen) atoms. The van der Waals surface area contributed by atoms with Crippen LogP contribution in [0, 0.1) is 0 Å². The summed E-state index contributed by atoms with van der Waals surface area (Å²) >= 11 is 0. The van der Waals surface area contributed by atoms with E-state index >= 15 is 0 Å². The highest BCUT2D eigenvalue weighted by atomic mass is 127. The highest BCUT2D eigenvalue weighted by Gasteiger charge is 2.30. The number of hydrogen-bond donors (Lipinski definition) is 1. The molecule has 3 rings (SSSR count). The summed E-state index contributed by atoms with van der Waals surface area (Å²) in [6, 6.07) is 4.58. The van der Waals surface area contributed by atoms with Crippen molar-refractivity contribution in [2.24, 2.45) is 4.99 Å². The molecule has 0 bridgehead atoms. The average Bonchev–Trinajstić information content (AvgIpc) is 3.21. The second kappa shape index (κ2) is 12.4. The van der Waals surface area contributed by atoms with E-state index in [4.69, 9.17) is 14.5 Å². The first kappa shape index (κ1) is 23.2. The molecule has 8 heteroatoms. The molecule has 2 aliphatic rings. The van der Waals surface area contributed by atoms with Crippen LogP contribution in [0.15, 0.2) is 23.3 Å². The predicted octanol–water partition coefficient (Wildman–Crippen LogP) is 2.36. The van der Waals surface area contributed by atoms with Crippen LogP contribution in [0.3, 0.4) is 0 Å². The molecular weight excluding hydrogens is 469 g/mol. The van der Waals surface area contributed by atoms with Crippen LogP contribution in [-0.4, -0.2) is 79.3 Å². The fraction of sp³-hybridized carbons (Fsp3) is 0.700.